The van der Waals surface area contributed by atoms with E-state index >= 15 is 0 Å². The number of nitrogens with one attached hydrogen (secondary N) is 1. The molecule has 0 aliphatic heterocycles. The van der Waals surface area contributed by atoms with Gasteiger partial charge in [0.2, 0.25) is 11.8 Å². The number of benzene rings is 1. The molecular formula is C18H19N3O3. The van der Waals surface area contributed by atoms with Gasteiger partial charge in [-0.1, -0.05) is 35.0 Å². The van der Waals surface area contributed by atoms with Crippen molar-refractivity contribution in [1.29, 1.82) is 0 Å². The average molecular weight is 325 g/mol. The van der Waals surface area contributed by atoms with E-state index in [0.717, 1.165) is 11.3 Å². The number of hydrogen-bond donors (Lipinski definition) is 1. The average Bonchev–Trinajstić information content (AvgIpc) is 3.19. The number of furan rings is 1. The number of carbonyl (C=O) groups is 1. The molecule has 3 aromatic rings. The summed E-state index contributed by atoms with van der Waals surface area (Å²) in [5, 5.41) is 6.70. The summed E-state index contributed by atoms with van der Waals surface area (Å²) in [6, 6.07) is 13.4. The van der Waals surface area contributed by atoms with Crippen LogP contribution >= 0.6 is 0 Å². The predicted molar refractivity (Wildman–Crippen MR) is 90.3 cm³/mol. The monoisotopic (exact) mass is 325 g/mol. The molecule has 0 aliphatic rings. The van der Waals surface area contributed by atoms with E-state index in [-0.39, 0.29) is 12.5 Å². The number of carbonyl (C=O) groups excluding carboxylic acids is 1. The molecule has 1 N–H and O–H groups in total. The molecule has 0 atom stereocenters. The molecule has 2 heterocycles. The largest absolute Gasteiger partial charge is 0.468 e. The number of anilines is 1. The minimum atomic E-state index is -0.171. The molecule has 0 unspecified atom stereocenters. The number of likely N-dealkylation sites (N-methyl/N-ethyl adjacent to an activating group) is 1. The minimum absolute atomic E-state index is 0.171. The fourth-order valence-corrected chi connectivity index (χ4v) is 2.34. The molecule has 24 heavy (non-hydrogen) atoms. The van der Waals surface area contributed by atoms with Gasteiger partial charge in [0.25, 0.3) is 0 Å². The highest BCUT2D eigenvalue weighted by Gasteiger charge is 2.12. The first kappa shape index (κ1) is 16.0. The van der Waals surface area contributed by atoms with Crippen LogP contribution in [0.4, 0.5) is 5.88 Å². The highest BCUT2D eigenvalue weighted by atomic mass is 16.5. The second-order valence-electron chi connectivity index (χ2n) is 5.74. The van der Waals surface area contributed by atoms with Crippen molar-refractivity contribution in [2.24, 2.45) is 0 Å². The number of hydrogen-bond acceptors (Lipinski definition) is 5. The first-order valence-electron chi connectivity index (χ1n) is 7.65. The Morgan fingerprint density at radius 1 is 1.25 bits per heavy atom. The molecule has 0 saturated carbocycles. The molecule has 0 bridgehead atoms. The van der Waals surface area contributed by atoms with Gasteiger partial charge in [-0.3, -0.25) is 15.0 Å². The summed E-state index contributed by atoms with van der Waals surface area (Å²) in [5.41, 5.74) is 2.81. The van der Waals surface area contributed by atoms with E-state index in [1.165, 1.54) is 5.56 Å². The summed E-state index contributed by atoms with van der Waals surface area (Å²) in [4.78, 5) is 13.9. The highest BCUT2D eigenvalue weighted by Crippen LogP contribution is 2.22. The number of amides is 1. The second kappa shape index (κ2) is 7.14. The van der Waals surface area contributed by atoms with Crippen LogP contribution in [0, 0.1) is 6.92 Å². The third-order valence-corrected chi connectivity index (χ3v) is 3.54. The SMILES string of the molecule is Cc1ccc(-c2cc(NC(=O)CN(C)Cc3ccco3)on2)cc1. The standard InChI is InChI=1S/C18H19N3O3/c1-13-5-7-14(8-6-13)16-10-18(24-20-16)19-17(22)12-21(2)11-15-4-3-9-23-15/h3-10H,11-12H2,1-2H3,(H,19,22). The smallest absolute Gasteiger partial charge is 0.240 e. The van der Waals surface area contributed by atoms with Crippen LogP contribution in [0.5, 0.6) is 0 Å². The van der Waals surface area contributed by atoms with Crippen LogP contribution in [0.25, 0.3) is 11.3 Å². The van der Waals surface area contributed by atoms with E-state index in [4.69, 9.17) is 8.94 Å². The molecule has 0 spiro atoms. The van der Waals surface area contributed by atoms with E-state index in [1.807, 2.05) is 55.3 Å². The lowest BCUT2D eigenvalue weighted by Gasteiger charge is -2.13. The Kier molecular flexibility index (Phi) is 4.77. The minimum Gasteiger partial charge on any atom is -0.468 e. The van der Waals surface area contributed by atoms with Crippen molar-refractivity contribution in [1.82, 2.24) is 10.1 Å². The molecule has 0 fully saturated rings. The maximum Gasteiger partial charge on any atom is 0.240 e. The zero-order valence-electron chi connectivity index (χ0n) is 13.7. The molecule has 3 rings (SSSR count). The molecule has 2 aromatic heterocycles. The molecule has 6 heteroatoms. The zero-order valence-corrected chi connectivity index (χ0v) is 13.7. The maximum absolute atomic E-state index is 12.1. The Balaban J connectivity index is 1.56. The van der Waals surface area contributed by atoms with Crippen molar-refractivity contribution in [3.05, 3.63) is 60.1 Å². The van der Waals surface area contributed by atoms with Crippen molar-refractivity contribution >= 4 is 11.8 Å². The maximum atomic E-state index is 12.1. The van der Waals surface area contributed by atoms with Crippen molar-refractivity contribution in [3.8, 4) is 11.3 Å². The normalized spacial score (nSPS) is 11.0. The highest BCUT2D eigenvalue weighted by molar-refractivity contribution is 5.91. The molecule has 0 aliphatic carbocycles. The molecule has 1 aromatic carbocycles. The van der Waals surface area contributed by atoms with Gasteiger partial charge in [0.1, 0.15) is 11.5 Å². The van der Waals surface area contributed by atoms with E-state index in [0.29, 0.717) is 18.1 Å². The quantitative estimate of drug-likeness (QED) is 0.753. The number of aryl methyl sites for hydroxylation is 1. The lowest BCUT2D eigenvalue weighted by molar-refractivity contribution is -0.117. The van der Waals surface area contributed by atoms with Gasteiger partial charge in [-0.25, -0.2) is 0 Å². The van der Waals surface area contributed by atoms with Gasteiger partial charge >= 0.3 is 0 Å². The topological polar surface area (TPSA) is 71.5 Å². The van der Waals surface area contributed by atoms with Gasteiger partial charge in [-0.05, 0) is 26.1 Å². The Hall–Kier alpha value is -2.86. The second-order valence-corrected chi connectivity index (χ2v) is 5.74. The fourth-order valence-electron chi connectivity index (χ4n) is 2.34. The molecule has 6 nitrogen and oxygen atoms in total. The van der Waals surface area contributed by atoms with Crippen LogP contribution in [0.3, 0.4) is 0 Å². The Morgan fingerprint density at radius 2 is 2.04 bits per heavy atom. The molecule has 0 saturated heterocycles. The Labute approximate surface area is 140 Å². The zero-order chi connectivity index (χ0) is 16.9. The van der Waals surface area contributed by atoms with E-state index in [2.05, 4.69) is 10.5 Å². The van der Waals surface area contributed by atoms with Gasteiger partial charge in [0, 0.05) is 11.6 Å². The number of rotatable bonds is 6. The first-order chi connectivity index (χ1) is 11.6. The molecular weight excluding hydrogens is 306 g/mol. The summed E-state index contributed by atoms with van der Waals surface area (Å²) in [7, 11) is 1.85. The van der Waals surface area contributed by atoms with Crippen LogP contribution in [-0.4, -0.2) is 29.6 Å². The predicted octanol–water partition coefficient (Wildman–Crippen LogP) is 3.31. The Bertz CT molecular complexity index is 791. The van der Waals surface area contributed by atoms with Crippen LogP contribution in [0.1, 0.15) is 11.3 Å². The molecule has 1 amide bonds. The van der Waals surface area contributed by atoms with Crippen molar-refractivity contribution in [2.45, 2.75) is 13.5 Å². The van der Waals surface area contributed by atoms with Crippen LogP contribution in [0.15, 0.2) is 57.7 Å². The summed E-state index contributed by atoms with van der Waals surface area (Å²) in [6.07, 6.45) is 1.62. The third kappa shape index (κ3) is 4.11. The van der Waals surface area contributed by atoms with Crippen molar-refractivity contribution in [3.63, 3.8) is 0 Å². The number of aromatic nitrogens is 1. The van der Waals surface area contributed by atoms with Crippen LogP contribution < -0.4 is 5.32 Å². The lowest BCUT2D eigenvalue weighted by Crippen LogP contribution is -2.29. The summed E-state index contributed by atoms with van der Waals surface area (Å²) >= 11 is 0. The summed E-state index contributed by atoms with van der Waals surface area (Å²) in [6.45, 7) is 2.81. The van der Waals surface area contributed by atoms with E-state index < -0.39 is 0 Å². The van der Waals surface area contributed by atoms with Gasteiger partial charge in [0.05, 0.1) is 19.4 Å². The summed E-state index contributed by atoms with van der Waals surface area (Å²) in [5.74, 6) is 0.976. The van der Waals surface area contributed by atoms with E-state index in [9.17, 15) is 4.79 Å². The third-order valence-electron chi connectivity index (χ3n) is 3.54. The van der Waals surface area contributed by atoms with E-state index in [1.54, 1.807) is 12.3 Å². The van der Waals surface area contributed by atoms with Gasteiger partial charge in [0.15, 0.2) is 0 Å². The molecule has 124 valence electrons. The Morgan fingerprint density at radius 3 is 2.75 bits per heavy atom. The van der Waals surface area contributed by atoms with Gasteiger partial charge in [-0.2, -0.15) is 0 Å². The fraction of sp³-hybridized carbons (Fsp3) is 0.222. The lowest BCUT2D eigenvalue weighted by atomic mass is 10.1. The van der Waals surface area contributed by atoms with Crippen LogP contribution in [0.2, 0.25) is 0 Å². The van der Waals surface area contributed by atoms with Crippen LogP contribution in [-0.2, 0) is 11.3 Å². The van der Waals surface area contributed by atoms with Gasteiger partial charge < -0.3 is 8.94 Å². The first-order valence-corrected chi connectivity index (χ1v) is 7.65. The number of nitrogens with zero attached hydrogens (tertiary/aromatic N) is 2. The van der Waals surface area contributed by atoms with Gasteiger partial charge in [-0.15, -0.1) is 0 Å². The van der Waals surface area contributed by atoms with Crippen molar-refractivity contribution < 1.29 is 13.7 Å². The molecule has 0 radical (unpaired) electrons. The summed E-state index contributed by atoms with van der Waals surface area (Å²) < 4.78 is 10.5. The van der Waals surface area contributed by atoms with Crippen molar-refractivity contribution in [2.75, 3.05) is 18.9 Å².